The summed E-state index contributed by atoms with van der Waals surface area (Å²) in [6.45, 7) is 4.15. The number of rotatable bonds is 10. The van der Waals surface area contributed by atoms with E-state index in [4.69, 9.17) is 39.5 Å². The predicted octanol–water partition coefficient (Wildman–Crippen LogP) is 2.76. The Morgan fingerprint density at radius 2 is 1.62 bits per heavy atom. The molecule has 2 atom stereocenters. The molecule has 0 spiro atoms. The number of aliphatic carboxylic acids is 1. The molecule has 1 N–H and O–H groups in total. The number of benzene rings is 1. The first-order valence-electron chi connectivity index (χ1n) is 13.3. The number of amides is 1. The third kappa shape index (κ3) is 8.12. The third-order valence-corrected chi connectivity index (χ3v) is 10.5. The quantitative estimate of drug-likeness (QED) is 0.396. The molecule has 0 saturated carbocycles. The molecule has 1 unspecified atom stereocenters. The van der Waals surface area contributed by atoms with Crippen LogP contribution in [0.25, 0.3) is 0 Å². The molecule has 39 heavy (non-hydrogen) atoms. The van der Waals surface area contributed by atoms with Gasteiger partial charge in [0.15, 0.2) is 6.61 Å². The minimum atomic E-state index is -3.59. The summed E-state index contributed by atoms with van der Waals surface area (Å²) in [7, 11) is -3.59. The van der Waals surface area contributed by atoms with Crippen LogP contribution < -0.4 is 4.74 Å². The Kier molecular flexibility index (Phi) is 10.6. The highest BCUT2D eigenvalue weighted by molar-refractivity contribution is 7.89. The number of carboxylic acid groups (broad SMARTS) is 1. The highest BCUT2D eigenvalue weighted by Crippen LogP contribution is 2.34. The number of hydrogen-bond donors (Lipinski definition) is 1. The summed E-state index contributed by atoms with van der Waals surface area (Å²) in [6.07, 6.45) is 3.52. The Morgan fingerprint density at radius 3 is 2.33 bits per heavy atom. The summed E-state index contributed by atoms with van der Waals surface area (Å²) in [4.78, 5) is 30.5. The molecule has 0 aromatic heterocycles. The van der Waals surface area contributed by atoms with Crippen molar-refractivity contribution in [2.75, 3.05) is 71.3 Å². The Bertz CT molecular complexity index is 1150. The molecule has 0 aliphatic carbocycles. The van der Waals surface area contributed by atoms with Crippen molar-refractivity contribution in [1.29, 1.82) is 0 Å². The summed E-state index contributed by atoms with van der Waals surface area (Å²) in [5.41, 5.74) is 0. The molecule has 10 nitrogen and oxygen atoms in total. The molecular weight excluding hydrogens is 591 g/mol. The van der Waals surface area contributed by atoms with E-state index in [2.05, 4.69) is 4.90 Å². The molecule has 4 rings (SSSR count). The van der Waals surface area contributed by atoms with E-state index in [1.54, 1.807) is 4.90 Å². The largest absolute Gasteiger partial charge is 0.482 e. The lowest BCUT2D eigenvalue weighted by atomic mass is 9.98. The van der Waals surface area contributed by atoms with Gasteiger partial charge in [-0.2, -0.15) is 4.31 Å². The van der Waals surface area contributed by atoms with Crippen molar-refractivity contribution >= 4 is 56.7 Å². The van der Waals surface area contributed by atoms with Crippen molar-refractivity contribution in [3.8, 4) is 5.75 Å². The van der Waals surface area contributed by atoms with E-state index in [1.165, 1.54) is 16.4 Å². The summed E-state index contributed by atoms with van der Waals surface area (Å²) in [5, 5.41) is 10.1. The third-order valence-electron chi connectivity index (χ3n) is 7.67. The van der Waals surface area contributed by atoms with E-state index in [1.807, 2.05) is 4.90 Å². The lowest BCUT2D eigenvalue weighted by Crippen LogP contribution is -2.60. The molecule has 3 heterocycles. The number of carboxylic acids is 1. The van der Waals surface area contributed by atoms with Crippen molar-refractivity contribution in [3.05, 3.63) is 27.2 Å². The summed E-state index contributed by atoms with van der Waals surface area (Å²) in [6, 6.07) is 2.60. The topological polar surface area (TPSA) is 111 Å². The number of piperazine rings is 1. The Morgan fingerprint density at radius 1 is 0.923 bits per heavy atom. The molecule has 3 aliphatic heterocycles. The average Bonchev–Trinajstić information content (AvgIpc) is 3.42. The van der Waals surface area contributed by atoms with Crippen molar-refractivity contribution in [2.24, 2.45) is 5.92 Å². The lowest BCUT2D eigenvalue weighted by Gasteiger charge is -2.42. The van der Waals surface area contributed by atoms with Gasteiger partial charge in [0.05, 0.1) is 32.8 Å². The number of carbonyl (C=O) groups is 2. The van der Waals surface area contributed by atoms with Crippen LogP contribution >= 0.6 is 34.8 Å². The van der Waals surface area contributed by atoms with Gasteiger partial charge in [-0.1, -0.05) is 34.8 Å². The summed E-state index contributed by atoms with van der Waals surface area (Å²) >= 11 is 18.2. The number of halogens is 3. The zero-order chi connectivity index (χ0) is 28.2. The molecule has 3 fully saturated rings. The molecule has 1 amide bonds. The summed E-state index contributed by atoms with van der Waals surface area (Å²) < 4.78 is 33.8. The molecule has 14 heteroatoms. The maximum Gasteiger partial charge on any atom is 0.307 e. The number of nitrogens with zero attached hydrogens (tertiary/aromatic N) is 4. The fourth-order valence-electron chi connectivity index (χ4n) is 5.50. The van der Waals surface area contributed by atoms with E-state index in [0.29, 0.717) is 32.6 Å². The van der Waals surface area contributed by atoms with Gasteiger partial charge < -0.3 is 24.5 Å². The monoisotopic (exact) mass is 624 g/mol. The Hall–Kier alpha value is -1.34. The molecule has 0 radical (unpaired) electrons. The second-order valence-electron chi connectivity index (χ2n) is 10.4. The second-order valence-corrected chi connectivity index (χ2v) is 13.7. The zero-order valence-electron chi connectivity index (χ0n) is 21.7. The number of hydrogen-bond acceptors (Lipinski definition) is 7. The lowest BCUT2D eigenvalue weighted by molar-refractivity contribution is -0.143. The van der Waals surface area contributed by atoms with Gasteiger partial charge in [0.2, 0.25) is 10.0 Å². The number of likely N-dealkylation sites (tertiary alicyclic amines) is 2. The van der Waals surface area contributed by atoms with Gasteiger partial charge in [0.25, 0.3) is 5.91 Å². The number of ether oxygens (including phenoxy) is 1. The van der Waals surface area contributed by atoms with E-state index in [9.17, 15) is 23.1 Å². The van der Waals surface area contributed by atoms with Crippen LogP contribution in [0.1, 0.15) is 25.7 Å². The highest BCUT2D eigenvalue weighted by atomic mass is 35.5. The van der Waals surface area contributed by atoms with Gasteiger partial charge >= 0.3 is 5.97 Å². The van der Waals surface area contributed by atoms with Gasteiger partial charge in [-0.3, -0.25) is 9.59 Å². The van der Waals surface area contributed by atoms with E-state index in [-0.39, 0.29) is 64.8 Å². The normalized spacial score (nSPS) is 23.7. The van der Waals surface area contributed by atoms with E-state index < -0.39 is 21.9 Å². The van der Waals surface area contributed by atoms with Gasteiger partial charge in [-0.25, -0.2) is 8.42 Å². The van der Waals surface area contributed by atoms with Gasteiger partial charge in [-0.05, 0) is 51.4 Å². The molecule has 1 aromatic rings. The number of piperidine rings is 1. The summed E-state index contributed by atoms with van der Waals surface area (Å²) in [5.74, 6) is -1.38. The van der Waals surface area contributed by atoms with Crippen LogP contribution in [0.15, 0.2) is 12.1 Å². The van der Waals surface area contributed by atoms with Gasteiger partial charge in [-0.15, -0.1) is 0 Å². The molecule has 3 saturated heterocycles. The average molecular weight is 626 g/mol. The maximum atomic E-state index is 13.3. The van der Waals surface area contributed by atoms with Crippen LogP contribution in [0.4, 0.5) is 0 Å². The van der Waals surface area contributed by atoms with Gasteiger partial charge in [0, 0.05) is 45.3 Å². The van der Waals surface area contributed by atoms with Crippen LogP contribution in [0.3, 0.4) is 0 Å². The number of sulfonamides is 1. The fraction of sp³-hybridized carbons (Fsp3) is 0.680. The fourth-order valence-corrected chi connectivity index (χ4v) is 7.60. The van der Waals surface area contributed by atoms with Crippen molar-refractivity contribution in [3.63, 3.8) is 0 Å². The van der Waals surface area contributed by atoms with Crippen LogP contribution in [0.2, 0.25) is 15.1 Å². The van der Waals surface area contributed by atoms with Crippen LogP contribution in [-0.2, 0) is 19.6 Å². The minimum Gasteiger partial charge on any atom is -0.482 e. The molecular formula is C25H35Cl3N4O6S. The van der Waals surface area contributed by atoms with Crippen LogP contribution in [-0.4, -0.2) is 122 Å². The van der Waals surface area contributed by atoms with E-state index in [0.717, 1.165) is 32.4 Å². The Labute approximate surface area is 244 Å². The molecule has 3 aliphatic rings. The predicted molar refractivity (Wildman–Crippen MR) is 150 cm³/mol. The second kappa shape index (κ2) is 13.5. The SMILES string of the molecule is O=C(O)C1CCCN(CCS(=O)(=O)N2CCN(C(=O)COc3cc(Cl)c(Cl)cc3Cl)[C@@H](CN3CCCC3)C2)C1. The van der Waals surface area contributed by atoms with Crippen LogP contribution in [0, 0.1) is 5.92 Å². The van der Waals surface area contributed by atoms with Crippen molar-refractivity contribution < 1.29 is 27.9 Å². The molecule has 218 valence electrons. The highest BCUT2D eigenvalue weighted by Gasteiger charge is 2.37. The minimum absolute atomic E-state index is 0.0807. The van der Waals surface area contributed by atoms with Crippen molar-refractivity contribution in [1.82, 2.24) is 19.0 Å². The molecule has 0 bridgehead atoms. The smallest absolute Gasteiger partial charge is 0.307 e. The maximum absolute atomic E-state index is 13.3. The zero-order valence-corrected chi connectivity index (χ0v) is 24.8. The standard InChI is InChI=1S/C25H35Cl3N4O6S/c26-20-12-22(28)23(13-21(20)27)38-17-24(33)32-9-8-31(16-19(32)15-29-5-1-2-6-29)39(36,37)11-10-30-7-3-4-18(14-30)25(34)35/h12-13,18-19H,1-11,14-17H2,(H,34,35)/t18?,19-/m0/s1. The first kappa shape index (κ1) is 30.6. The van der Waals surface area contributed by atoms with Crippen LogP contribution in [0.5, 0.6) is 5.75 Å². The number of carbonyl (C=O) groups excluding carboxylic acids is 1. The van der Waals surface area contributed by atoms with Gasteiger partial charge in [0.1, 0.15) is 5.75 Å². The van der Waals surface area contributed by atoms with Crippen molar-refractivity contribution in [2.45, 2.75) is 31.7 Å². The Balaban J connectivity index is 1.38. The van der Waals surface area contributed by atoms with E-state index >= 15 is 0 Å². The first-order valence-corrected chi connectivity index (χ1v) is 16.0. The molecule has 1 aromatic carbocycles. The first-order chi connectivity index (χ1) is 18.5.